The number of carboxylic acid groups (broad SMARTS) is 1. The fourth-order valence-electron chi connectivity index (χ4n) is 2.38. The van der Waals surface area contributed by atoms with Gasteiger partial charge in [0.2, 0.25) is 0 Å². The molecule has 0 saturated carbocycles. The fraction of sp³-hybridized carbons (Fsp3) is 0.111. The molecule has 1 N–H and O–H groups in total. The van der Waals surface area contributed by atoms with Crippen LogP contribution in [0.4, 0.5) is 0 Å². The summed E-state index contributed by atoms with van der Waals surface area (Å²) in [7, 11) is 0. The molecule has 110 valence electrons. The Morgan fingerprint density at radius 3 is 2.36 bits per heavy atom. The molecule has 2 aromatic carbocycles. The Morgan fingerprint density at radius 1 is 1.05 bits per heavy atom. The Morgan fingerprint density at radius 2 is 1.73 bits per heavy atom. The van der Waals surface area contributed by atoms with Crippen LogP contribution in [0.2, 0.25) is 0 Å². The van der Waals surface area contributed by atoms with E-state index in [1.807, 2.05) is 62.4 Å². The number of aryl methyl sites for hydroxylation is 2. The summed E-state index contributed by atoms with van der Waals surface area (Å²) >= 11 is 0. The number of rotatable bonds is 3. The van der Waals surface area contributed by atoms with Crippen LogP contribution in [-0.2, 0) is 0 Å². The molecule has 1 heterocycles. The maximum atomic E-state index is 11.5. The van der Waals surface area contributed by atoms with E-state index in [1.54, 1.807) is 6.07 Å². The number of hydrogen-bond donors (Lipinski definition) is 1. The van der Waals surface area contributed by atoms with Crippen molar-refractivity contribution in [1.29, 1.82) is 0 Å². The van der Waals surface area contributed by atoms with Crippen molar-refractivity contribution in [2.45, 2.75) is 13.8 Å². The van der Waals surface area contributed by atoms with Crippen molar-refractivity contribution in [2.75, 3.05) is 0 Å². The molecular weight excluding hydrogens is 276 g/mol. The topological polar surface area (TPSA) is 55.1 Å². The minimum atomic E-state index is -0.992. The van der Waals surface area contributed by atoms with Gasteiger partial charge in [0, 0.05) is 5.56 Å². The lowest BCUT2D eigenvalue weighted by Gasteiger charge is -2.07. The smallest absolute Gasteiger partial charge is 0.354 e. The lowest BCUT2D eigenvalue weighted by Crippen LogP contribution is -2.08. The van der Waals surface area contributed by atoms with Gasteiger partial charge in [-0.1, -0.05) is 48.0 Å². The van der Waals surface area contributed by atoms with E-state index in [0.717, 1.165) is 22.4 Å². The fourth-order valence-corrected chi connectivity index (χ4v) is 2.38. The van der Waals surface area contributed by atoms with Gasteiger partial charge in [-0.2, -0.15) is 5.10 Å². The molecule has 0 spiro atoms. The summed E-state index contributed by atoms with van der Waals surface area (Å²) in [6, 6.07) is 17.1. The van der Waals surface area contributed by atoms with Gasteiger partial charge in [0.1, 0.15) is 0 Å². The van der Waals surface area contributed by atoms with Crippen LogP contribution in [0.15, 0.2) is 54.6 Å². The predicted molar refractivity (Wildman–Crippen MR) is 85.4 cm³/mol. The Bertz CT molecular complexity index is 833. The van der Waals surface area contributed by atoms with Crippen LogP contribution in [0.25, 0.3) is 16.9 Å². The third-order valence-electron chi connectivity index (χ3n) is 3.62. The first-order valence-electron chi connectivity index (χ1n) is 7.02. The number of nitrogens with zero attached hydrogens (tertiary/aromatic N) is 2. The van der Waals surface area contributed by atoms with Crippen molar-refractivity contribution in [3.8, 4) is 16.9 Å². The summed E-state index contributed by atoms with van der Waals surface area (Å²) in [5.74, 6) is -0.992. The number of aromatic carboxylic acids is 1. The molecule has 0 radical (unpaired) electrons. The van der Waals surface area contributed by atoms with Gasteiger partial charge in [-0.25, -0.2) is 9.48 Å². The van der Waals surface area contributed by atoms with Gasteiger partial charge in [0.25, 0.3) is 0 Å². The average molecular weight is 292 g/mol. The summed E-state index contributed by atoms with van der Waals surface area (Å²) in [6.45, 7) is 3.95. The van der Waals surface area contributed by atoms with Gasteiger partial charge in [-0.05, 0) is 31.5 Å². The van der Waals surface area contributed by atoms with Gasteiger partial charge in [0.15, 0.2) is 5.69 Å². The van der Waals surface area contributed by atoms with Crippen molar-refractivity contribution in [2.24, 2.45) is 0 Å². The molecule has 4 nitrogen and oxygen atoms in total. The van der Waals surface area contributed by atoms with Crippen LogP contribution in [0.1, 0.15) is 21.6 Å². The van der Waals surface area contributed by atoms with E-state index in [1.165, 1.54) is 4.68 Å². The summed E-state index contributed by atoms with van der Waals surface area (Å²) < 4.78 is 1.49. The zero-order chi connectivity index (χ0) is 15.7. The van der Waals surface area contributed by atoms with Crippen LogP contribution < -0.4 is 0 Å². The molecule has 1 aromatic heterocycles. The standard InChI is InChI=1S/C18H16N2O2/c1-12-7-9-14(10-8-12)15-11-17(18(21)22)20(19-15)16-6-4-3-5-13(16)2/h3-11H,1-2H3,(H,21,22). The van der Waals surface area contributed by atoms with Crippen LogP contribution in [0.5, 0.6) is 0 Å². The minimum Gasteiger partial charge on any atom is -0.477 e. The molecule has 0 amide bonds. The number of para-hydroxylation sites is 1. The van der Waals surface area contributed by atoms with E-state index < -0.39 is 5.97 Å². The van der Waals surface area contributed by atoms with Gasteiger partial charge in [-0.3, -0.25) is 0 Å². The highest BCUT2D eigenvalue weighted by Crippen LogP contribution is 2.23. The molecule has 0 aliphatic heterocycles. The van der Waals surface area contributed by atoms with E-state index >= 15 is 0 Å². The summed E-state index contributed by atoms with van der Waals surface area (Å²) in [6.07, 6.45) is 0. The highest BCUT2D eigenvalue weighted by atomic mass is 16.4. The normalized spacial score (nSPS) is 10.6. The van der Waals surface area contributed by atoms with Gasteiger partial charge in [-0.15, -0.1) is 0 Å². The van der Waals surface area contributed by atoms with E-state index in [9.17, 15) is 9.90 Å². The second-order valence-electron chi connectivity index (χ2n) is 5.28. The average Bonchev–Trinajstić information content (AvgIpc) is 2.93. The zero-order valence-electron chi connectivity index (χ0n) is 12.4. The number of aromatic nitrogens is 2. The lowest BCUT2D eigenvalue weighted by molar-refractivity contribution is 0.0687. The third-order valence-corrected chi connectivity index (χ3v) is 3.62. The highest BCUT2D eigenvalue weighted by Gasteiger charge is 2.17. The van der Waals surface area contributed by atoms with Gasteiger partial charge < -0.3 is 5.11 Å². The molecule has 0 fully saturated rings. The lowest BCUT2D eigenvalue weighted by atomic mass is 10.1. The maximum Gasteiger partial charge on any atom is 0.354 e. The third kappa shape index (κ3) is 2.51. The molecule has 4 heteroatoms. The molecule has 0 atom stereocenters. The molecule has 0 aliphatic carbocycles. The Hall–Kier alpha value is -2.88. The van der Waals surface area contributed by atoms with Crippen molar-refractivity contribution >= 4 is 5.97 Å². The molecule has 0 saturated heterocycles. The second kappa shape index (κ2) is 5.48. The Balaban J connectivity index is 2.17. The number of carboxylic acids is 1. The first-order valence-corrected chi connectivity index (χ1v) is 7.02. The van der Waals surface area contributed by atoms with E-state index in [-0.39, 0.29) is 5.69 Å². The summed E-state index contributed by atoms with van der Waals surface area (Å²) in [5, 5.41) is 14.0. The summed E-state index contributed by atoms with van der Waals surface area (Å²) in [4.78, 5) is 11.5. The van der Waals surface area contributed by atoms with E-state index in [2.05, 4.69) is 5.10 Å². The quantitative estimate of drug-likeness (QED) is 0.797. The van der Waals surface area contributed by atoms with Gasteiger partial charge in [0.05, 0.1) is 11.4 Å². The Labute approximate surface area is 128 Å². The maximum absolute atomic E-state index is 11.5. The predicted octanol–water partition coefficient (Wildman–Crippen LogP) is 3.85. The van der Waals surface area contributed by atoms with Crippen LogP contribution in [0.3, 0.4) is 0 Å². The molecule has 0 bridgehead atoms. The molecule has 0 aliphatic rings. The van der Waals surface area contributed by atoms with Crippen molar-refractivity contribution in [1.82, 2.24) is 9.78 Å². The minimum absolute atomic E-state index is 0.157. The largest absolute Gasteiger partial charge is 0.477 e. The highest BCUT2D eigenvalue weighted by molar-refractivity contribution is 5.88. The number of benzene rings is 2. The van der Waals surface area contributed by atoms with Crippen LogP contribution in [-0.4, -0.2) is 20.9 Å². The summed E-state index contributed by atoms with van der Waals surface area (Å²) in [5.41, 5.74) is 4.62. The monoisotopic (exact) mass is 292 g/mol. The first kappa shape index (κ1) is 14.1. The zero-order valence-corrected chi connectivity index (χ0v) is 12.4. The van der Waals surface area contributed by atoms with E-state index in [4.69, 9.17) is 0 Å². The molecule has 3 aromatic rings. The number of carbonyl (C=O) groups is 1. The molecule has 0 unspecified atom stereocenters. The van der Waals surface area contributed by atoms with Crippen molar-refractivity contribution in [3.63, 3.8) is 0 Å². The first-order chi connectivity index (χ1) is 10.6. The SMILES string of the molecule is Cc1ccc(-c2cc(C(=O)O)n(-c3ccccc3C)n2)cc1. The van der Waals surface area contributed by atoms with E-state index in [0.29, 0.717) is 5.69 Å². The van der Waals surface area contributed by atoms with Crippen LogP contribution >= 0.6 is 0 Å². The van der Waals surface area contributed by atoms with Gasteiger partial charge >= 0.3 is 5.97 Å². The second-order valence-corrected chi connectivity index (χ2v) is 5.28. The van der Waals surface area contributed by atoms with Crippen molar-refractivity contribution < 1.29 is 9.90 Å². The van der Waals surface area contributed by atoms with Crippen molar-refractivity contribution in [3.05, 3.63) is 71.4 Å². The molecule has 3 rings (SSSR count). The van der Waals surface area contributed by atoms with Crippen LogP contribution in [0, 0.1) is 13.8 Å². The molecule has 22 heavy (non-hydrogen) atoms. The Kier molecular flexibility index (Phi) is 3.51. The molecular formula is C18H16N2O2. The number of hydrogen-bond acceptors (Lipinski definition) is 2.